The average Bonchev–Trinajstić information content (AvgIpc) is 2.67. The second-order valence-electron chi connectivity index (χ2n) is 3.63. The van der Waals surface area contributed by atoms with Crippen LogP contribution in [-0.2, 0) is 6.42 Å². The topological polar surface area (TPSA) is 77.2 Å². The first-order valence-electron chi connectivity index (χ1n) is 5.17. The van der Waals surface area contributed by atoms with Crippen molar-refractivity contribution >= 4 is 5.97 Å². The maximum atomic E-state index is 10.8. The Hall–Kier alpha value is -2.37. The molecule has 0 bridgehead atoms. The second-order valence-corrected chi connectivity index (χ2v) is 3.63. The lowest BCUT2D eigenvalue weighted by atomic mass is 10.3. The van der Waals surface area contributed by atoms with Gasteiger partial charge in [-0.3, -0.25) is 0 Å². The van der Waals surface area contributed by atoms with Gasteiger partial charge in [0.05, 0.1) is 6.61 Å². The van der Waals surface area contributed by atoms with Crippen LogP contribution in [0.3, 0.4) is 0 Å². The molecule has 0 saturated carbocycles. The zero-order chi connectivity index (χ0) is 11.8. The molecule has 0 fully saturated rings. The standard InChI is InChI=1S/C11H9N3O3/c15-11(16)10-12-9-5-6-17-8-4-2-1-3-7(8)14(9)13-10/h1-4H,5-6H2,(H,15,16). The summed E-state index contributed by atoms with van der Waals surface area (Å²) in [6, 6.07) is 7.36. The van der Waals surface area contributed by atoms with Crippen LogP contribution in [0.2, 0.25) is 0 Å². The van der Waals surface area contributed by atoms with Crippen molar-refractivity contribution in [2.45, 2.75) is 6.42 Å². The number of carboxylic acids is 1. The van der Waals surface area contributed by atoms with Crippen LogP contribution in [-0.4, -0.2) is 32.4 Å². The van der Waals surface area contributed by atoms with E-state index in [0.717, 1.165) is 5.69 Å². The summed E-state index contributed by atoms with van der Waals surface area (Å²) in [5.74, 6) is -0.0129. The number of aromatic nitrogens is 3. The van der Waals surface area contributed by atoms with Gasteiger partial charge >= 0.3 is 5.97 Å². The van der Waals surface area contributed by atoms with Gasteiger partial charge in [0, 0.05) is 6.42 Å². The zero-order valence-electron chi connectivity index (χ0n) is 8.83. The van der Waals surface area contributed by atoms with Crippen LogP contribution >= 0.6 is 0 Å². The molecule has 2 heterocycles. The highest BCUT2D eigenvalue weighted by Crippen LogP contribution is 2.25. The maximum absolute atomic E-state index is 10.8. The van der Waals surface area contributed by atoms with E-state index in [4.69, 9.17) is 9.84 Å². The molecule has 1 aliphatic rings. The van der Waals surface area contributed by atoms with E-state index in [2.05, 4.69) is 10.1 Å². The van der Waals surface area contributed by atoms with Crippen LogP contribution in [0.25, 0.3) is 5.69 Å². The third-order valence-electron chi connectivity index (χ3n) is 2.54. The van der Waals surface area contributed by atoms with Gasteiger partial charge in [-0.1, -0.05) is 12.1 Å². The number of nitrogens with zero attached hydrogens (tertiary/aromatic N) is 3. The quantitative estimate of drug-likeness (QED) is 0.789. The van der Waals surface area contributed by atoms with Crippen LogP contribution in [0.5, 0.6) is 5.75 Å². The first-order chi connectivity index (χ1) is 8.25. The third-order valence-corrected chi connectivity index (χ3v) is 2.54. The fourth-order valence-corrected chi connectivity index (χ4v) is 1.80. The van der Waals surface area contributed by atoms with Crippen molar-refractivity contribution < 1.29 is 14.6 Å². The fraction of sp³-hybridized carbons (Fsp3) is 0.182. The van der Waals surface area contributed by atoms with Gasteiger partial charge in [-0.2, -0.15) is 0 Å². The summed E-state index contributed by atoms with van der Waals surface area (Å²) in [6.45, 7) is 0.467. The molecule has 1 aromatic carbocycles. The molecule has 0 radical (unpaired) electrons. The van der Waals surface area contributed by atoms with E-state index in [1.807, 2.05) is 24.3 Å². The molecule has 0 atom stereocenters. The molecule has 0 saturated heterocycles. The van der Waals surface area contributed by atoms with E-state index >= 15 is 0 Å². The molecule has 6 nitrogen and oxygen atoms in total. The van der Waals surface area contributed by atoms with E-state index in [-0.39, 0.29) is 5.82 Å². The van der Waals surface area contributed by atoms with Gasteiger partial charge in [-0.05, 0) is 12.1 Å². The maximum Gasteiger partial charge on any atom is 0.375 e. The molecule has 0 amide bonds. The Balaban J connectivity index is 2.21. The molecule has 0 unspecified atom stereocenters. The summed E-state index contributed by atoms with van der Waals surface area (Å²) >= 11 is 0. The number of ether oxygens (including phenoxy) is 1. The molecule has 1 N–H and O–H groups in total. The Morgan fingerprint density at radius 3 is 3.06 bits per heavy atom. The average molecular weight is 231 g/mol. The smallest absolute Gasteiger partial charge is 0.375 e. The third kappa shape index (κ3) is 1.54. The van der Waals surface area contributed by atoms with Gasteiger partial charge < -0.3 is 9.84 Å². The number of hydrogen-bond acceptors (Lipinski definition) is 4. The lowest BCUT2D eigenvalue weighted by Crippen LogP contribution is -2.02. The van der Waals surface area contributed by atoms with Gasteiger partial charge in [0.1, 0.15) is 17.3 Å². The number of hydrogen-bond donors (Lipinski definition) is 1. The Bertz CT molecular complexity index is 591. The number of carboxylic acid groups (broad SMARTS) is 1. The number of carbonyl (C=O) groups is 1. The van der Waals surface area contributed by atoms with Gasteiger partial charge in [-0.15, -0.1) is 5.10 Å². The molecule has 2 aromatic rings. The minimum Gasteiger partial charge on any atom is -0.491 e. The van der Waals surface area contributed by atoms with Gasteiger partial charge in [0.2, 0.25) is 0 Å². The van der Waals surface area contributed by atoms with Crippen LogP contribution < -0.4 is 4.74 Å². The van der Waals surface area contributed by atoms with Crippen molar-refractivity contribution in [1.82, 2.24) is 14.8 Å². The van der Waals surface area contributed by atoms with E-state index in [0.29, 0.717) is 24.6 Å². The second kappa shape index (κ2) is 3.58. The van der Waals surface area contributed by atoms with Gasteiger partial charge in [-0.25, -0.2) is 14.5 Å². The summed E-state index contributed by atoms with van der Waals surface area (Å²) in [4.78, 5) is 14.8. The summed E-state index contributed by atoms with van der Waals surface area (Å²) < 4.78 is 7.07. The highest BCUT2D eigenvalue weighted by atomic mass is 16.5. The van der Waals surface area contributed by atoms with Crippen LogP contribution in [0.1, 0.15) is 16.4 Å². The SMILES string of the molecule is O=C(O)c1nc2n(n1)-c1ccccc1OCC2. The highest BCUT2D eigenvalue weighted by molar-refractivity contribution is 5.83. The summed E-state index contributed by atoms with van der Waals surface area (Å²) in [6.07, 6.45) is 0.537. The molecule has 1 aromatic heterocycles. The summed E-state index contributed by atoms with van der Waals surface area (Å²) in [7, 11) is 0. The number of benzene rings is 1. The molecular weight excluding hydrogens is 222 g/mol. The van der Waals surface area contributed by atoms with Crippen molar-refractivity contribution in [3.8, 4) is 11.4 Å². The molecule has 1 aliphatic heterocycles. The Labute approximate surface area is 96.5 Å². The largest absolute Gasteiger partial charge is 0.491 e. The highest BCUT2D eigenvalue weighted by Gasteiger charge is 2.20. The minimum atomic E-state index is -1.12. The fourth-order valence-electron chi connectivity index (χ4n) is 1.80. The van der Waals surface area contributed by atoms with E-state index in [9.17, 15) is 4.79 Å². The zero-order valence-corrected chi connectivity index (χ0v) is 8.83. The monoisotopic (exact) mass is 231 g/mol. The van der Waals surface area contributed by atoms with E-state index < -0.39 is 5.97 Å². The molecule has 17 heavy (non-hydrogen) atoms. The predicted molar refractivity (Wildman–Crippen MR) is 57.5 cm³/mol. The van der Waals surface area contributed by atoms with Crippen molar-refractivity contribution in [1.29, 1.82) is 0 Å². The molecule has 0 aliphatic carbocycles. The van der Waals surface area contributed by atoms with E-state index in [1.54, 1.807) is 0 Å². The first kappa shape index (κ1) is 9.83. The molecule has 3 rings (SSSR count). The molecule has 0 spiro atoms. The van der Waals surface area contributed by atoms with Crippen molar-refractivity contribution in [2.75, 3.05) is 6.61 Å². The lowest BCUT2D eigenvalue weighted by Gasteiger charge is -2.06. The Morgan fingerprint density at radius 2 is 2.24 bits per heavy atom. The van der Waals surface area contributed by atoms with Crippen LogP contribution in [0, 0.1) is 0 Å². The molecule has 6 heteroatoms. The Morgan fingerprint density at radius 1 is 1.41 bits per heavy atom. The first-order valence-corrected chi connectivity index (χ1v) is 5.17. The summed E-state index contributed by atoms with van der Waals surface area (Å²) in [5.41, 5.74) is 0.722. The van der Waals surface area contributed by atoms with Crippen molar-refractivity contribution in [3.05, 3.63) is 35.9 Å². The van der Waals surface area contributed by atoms with Crippen LogP contribution in [0.15, 0.2) is 24.3 Å². The van der Waals surface area contributed by atoms with Crippen LogP contribution in [0.4, 0.5) is 0 Å². The summed E-state index contributed by atoms with van der Waals surface area (Å²) in [5, 5.41) is 12.9. The number of para-hydroxylation sites is 2. The van der Waals surface area contributed by atoms with Crippen molar-refractivity contribution in [2.24, 2.45) is 0 Å². The number of rotatable bonds is 1. The number of fused-ring (bicyclic) bond motifs is 3. The molecular formula is C11H9N3O3. The lowest BCUT2D eigenvalue weighted by molar-refractivity contribution is 0.0683. The minimum absolute atomic E-state index is 0.184. The van der Waals surface area contributed by atoms with Gasteiger partial charge in [0.25, 0.3) is 5.82 Å². The molecule has 86 valence electrons. The normalized spacial score (nSPS) is 13.2. The Kier molecular flexibility index (Phi) is 2.07. The predicted octanol–water partition coefficient (Wildman–Crippen LogP) is 0.900. The van der Waals surface area contributed by atoms with E-state index in [1.165, 1.54) is 4.68 Å². The number of aromatic carboxylic acids is 1. The van der Waals surface area contributed by atoms with Gasteiger partial charge in [0.15, 0.2) is 0 Å². The van der Waals surface area contributed by atoms with Crippen molar-refractivity contribution in [3.63, 3.8) is 0 Å².